The predicted molar refractivity (Wildman–Crippen MR) is 167 cm³/mol. The van der Waals surface area contributed by atoms with Gasteiger partial charge in [-0.25, -0.2) is 4.79 Å². The number of rotatable bonds is 8. The van der Waals surface area contributed by atoms with E-state index >= 15 is 0 Å². The van der Waals surface area contributed by atoms with Crippen LogP contribution in [-0.2, 0) is 39.8 Å². The van der Waals surface area contributed by atoms with Crippen molar-refractivity contribution in [3.8, 4) is 5.75 Å². The molecule has 45 heavy (non-hydrogen) atoms. The van der Waals surface area contributed by atoms with Crippen molar-refractivity contribution < 1.29 is 38.1 Å². The minimum Gasteiger partial charge on any atom is -0.495 e. The maximum absolute atomic E-state index is 13.3. The van der Waals surface area contributed by atoms with Gasteiger partial charge >= 0.3 is 11.9 Å². The molecule has 2 amide bonds. The average molecular weight is 641 g/mol. The van der Waals surface area contributed by atoms with Gasteiger partial charge in [-0.3, -0.25) is 14.4 Å². The minimum absolute atomic E-state index is 0.0588. The maximum atomic E-state index is 13.3. The molecule has 4 rings (SSSR count). The highest BCUT2D eigenvalue weighted by Crippen LogP contribution is 2.45. The van der Waals surface area contributed by atoms with Crippen LogP contribution in [0, 0.1) is 11.8 Å². The summed E-state index contributed by atoms with van der Waals surface area (Å²) in [6.45, 7) is 5.35. The fourth-order valence-electron chi connectivity index (χ4n) is 5.26. The Labute approximate surface area is 268 Å². The van der Waals surface area contributed by atoms with Gasteiger partial charge in [0, 0.05) is 25.3 Å². The minimum atomic E-state index is -1.10. The Morgan fingerprint density at radius 3 is 2.49 bits per heavy atom. The summed E-state index contributed by atoms with van der Waals surface area (Å²) in [5.74, 6) is -2.79. The molecular formula is C34H41ClN2O8. The number of cyclic esters (lactones) is 2. The molecule has 1 saturated heterocycles. The normalized spacial score (nSPS) is 27.8. The molecule has 0 aliphatic carbocycles. The Morgan fingerprint density at radius 2 is 1.80 bits per heavy atom. The summed E-state index contributed by atoms with van der Waals surface area (Å²) in [6.07, 6.45) is 2.04. The van der Waals surface area contributed by atoms with Crippen LogP contribution in [-0.4, -0.2) is 61.8 Å². The van der Waals surface area contributed by atoms with Crippen LogP contribution in [0.4, 0.5) is 0 Å². The molecule has 2 aromatic carbocycles. The molecule has 2 aliphatic rings. The summed E-state index contributed by atoms with van der Waals surface area (Å²) in [4.78, 5) is 52.6. The van der Waals surface area contributed by atoms with Crippen molar-refractivity contribution in [3.63, 3.8) is 0 Å². The Balaban J connectivity index is 1.56. The first-order valence-electron chi connectivity index (χ1n) is 15.3. The van der Waals surface area contributed by atoms with Crippen molar-refractivity contribution in [3.05, 3.63) is 76.8 Å². The van der Waals surface area contributed by atoms with E-state index < -0.39 is 47.9 Å². The molecule has 242 valence electrons. The van der Waals surface area contributed by atoms with Crippen LogP contribution < -0.4 is 15.4 Å². The van der Waals surface area contributed by atoms with Crippen molar-refractivity contribution in [2.75, 3.05) is 13.7 Å². The quantitative estimate of drug-likeness (QED) is 0.319. The van der Waals surface area contributed by atoms with E-state index in [2.05, 4.69) is 10.6 Å². The molecule has 0 radical (unpaired) electrons. The largest absolute Gasteiger partial charge is 0.495 e. The second-order valence-corrected chi connectivity index (χ2v) is 11.9. The molecule has 0 aromatic heterocycles. The first kappa shape index (κ1) is 34.0. The number of ether oxygens (including phenoxy) is 4. The SMILES string of the molecule is CCC[C@@H]1OC(=O)[C@H](C)CNC(=O)[C@@H](Cc2ccc(OC)c(Cl)c2)NC(=O)/C=C/C[C@@H]([C@@H](C)[C@H]2O[C@H]2c2ccccc2)OC1=O. The number of nitrogens with one attached hydrogen (secondary N) is 2. The van der Waals surface area contributed by atoms with Crippen molar-refractivity contribution in [1.29, 1.82) is 0 Å². The third-order valence-electron chi connectivity index (χ3n) is 8.01. The number of esters is 2. The van der Waals surface area contributed by atoms with E-state index in [1.54, 1.807) is 31.2 Å². The molecule has 0 unspecified atom stereocenters. The number of carbonyl (C=O) groups excluding carboxylic acids is 4. The Hall–Kier alpha value is -3.89. The van der Waals surface area contributed by atoms with Gasteiger partial charge in [-0.1, -0.05) is 81.3 Å². The van der Waals surface area contributed by atoms with Crippen LogP contribution in [0.5, 0.6) is 5.75 Å². The van der Waals surface area contributed by atoms with Gasteiger partial charge in [0.2, 0.25) is 11.8 Å². The average Bonchev–Trinajstić information content (AvgIpc) is 3.83. The lowest BCUT2D eigenvalue weighted by Crippen LogP contribution is -2.49. The van der Waals surface area contributed by atoms with Gasteiger partial charge in [0.15, 0.2) is 6.10 Å². The number of hydrogen-bond acceptors (Lipinski definition) is 8. The lowest BCUT2D eigenvalue weighted by Gasteiger charge is -2.26. The maximum Gasteiger partial charge on any atom is 0.347 e. The number of epoxide rings is 1. The summed E-state index contributed by atoms with van der Waals surface area (Å²) in [5.41, 5.74) is 1.73. The van der Waals surface area contributed by atoms with Crippen LogP contribution in [0.25, 0.3) is 0 Å². The fraction of sp³-hybridized carbons (Fsp3) is 0.471. The number of halogens is 1. The second kappa shape index (κ2) is 15.9. The highest BCUT2D eigenvalue weighted by Gasteiger charge is 2.47. The van der Waals surface area contributed by atoms with E-state index in [0.29, 0.717) is 22.8 Å². The van der Waals surface area contributed by atoms with Crippen LogP contribution in [0.2, 0.25) is 5.02 Å². The number of hydrogen-bond donors (Lipinski definition) is 2. The van der Waals surface area contributed by atoms with Crippen LogP contribution in [0.3, 0.4) is 0 Å². The van der Waals surface area contributed by atoms with E-state index in [1.807, 2.05) is 44.2 Å². The zero-order valence-electron chi connectivity index (χ0n) is 26.0. The first-order chi connectivity index (χ1) is 21.6. The van der Waals surface area contributed by atoms with Crippen molar-refractivity contribution in [2.24, 2.45) is 11.8 Å². The van der Waals surface area contributed by atoms with Crippen LogP contribution in [0.15, 0.2) is 60.7 Å². The van der Waals surface area contributed by atoms with Crippen LogP contribution >= 0.6 is 11.6 Å². The number of amides is 2. The zero-order chi connectivity index (χ0) is 32.5. The highest BCUT2D eigenvalue weighted by molar-refractivity contribution is 6.32. The van der Waals surface area contributed by atoms with Gasteiger partial charge in [-0.15, -0.1) is 0 Å². The van der Waals surface area contributed by atoms with E-state index in [4.69, 9.17) is 30.5 Å². The van der Waals surface area contributed by atoms with Gasteiger partial charge in [-0.2, -0.15) is 0 Å². The second-order valence-electron chi connectivity index (χ2n) is 11.5. The van der Waals surface area contributed by atoms with Gasteiger partial charge in [0.25, 0.3) is 0 Å². The Bertz CT molecular complexity index is 1380. The summed E-state index contributed by atoms with van der Waals surface area (Å²) >= 11 is 6.29. The molecule has 2 aliphatic heterocycles. The summed E-state index contributed by atoms with van der Waals surface area (Å²) in [5, 5.41) is 5.85. The first-order valence-corrected chi connectivity index (χ1v) is 15.7. The van der Waals surface area contributed by atoms with Gasteiger partial charge in [-0.05, 0) is 35.8 Å². The fourth-order valence-corrected chi connectivity index (χ4v) is 5.54. The molecule has 7 atom stereocenters. The van der Waals surface area contributed by atoms with E-state index in [9.17, 15) is 19.2 Å². The summed E-state index contributed by atoms with van der Waals surface area (Å²) < 4.78 is 22.8. The predicted octanol–water partition coefficient (Wildman–Crippen LogP) is 4.49. The van der Waals surface area contributed by atoms with Gasteiger partial charge in [0.05, 0.1) is 24.2 Å². The molecular weight excluding hydrogens is 600 g/mol. The zero-order valence-corrected chi connectivity index (χ0v) is 26.8. The smallest absolute Gasteiger partial charge is 0.347 e. The molecule has 2 heterocycles. The molecule has 2 N–H and O–H groups in total. The molecule has 0 spiro atoms. The van der Waals surface area contributed by atoms with E-state index in [1.165, 1.54) is 13.2 Å². The molecule has 0 saturated carbocycles. The Morgan fingerprint density at radius 1 is 1.04 bits per heavy atom. The standard InChI is InChI=1S/C34H41ClN2O8/c1-5-10-28-34(41)43-26(21(3)30-31(45-30)23-11-7-6-8-12-23)13-9-14-29(38)37-25(32(39)36-19-20(2)33(40)44-28)18-22-15-16-27(42-4)24(35)17-22/h6-9,11-12,14-17,20-21,25-26,28,30-31H,5,10,13,18-19H2,1-4H3,(H,36,39)(H,37,38)/b14-9+/t20-,21-,25-,26+,28+,30-,31+/m1/s1. The lowest BCUT2D eigenvalue weighted by atomic mass is 9.93. The molecule has 10 nitrogen and oxygen atoms in total. The molecule has 11 heteroatoms. The lowest BCUT2D eigenvalue weighted by molar-refractivity contribution is -0.175. The molecule has 0 bridgehead atoms. The van der Waals surface area contributed by atoms with Gasteiger partial charge in [0.1, 0.15) is 24.0 Å². The number of carbonyl (C=O) groups is 4. The topological polar surface area (TPSA) is 133 Å². The summed E-state index contributed by atoms with van der Waals surface area (Å²) in [7, 11) is 1.50. The van der Waals surface area contributed by atoms with E-state index in [0.717, 1.165) is 5.56 Å². The highest BCUT2D eigenvalue weighted by atomic mass is 35.5. The van der Waals surface area contributed by atoms with Crippen molar-refractivity contribution >= 4 is 35.4 Å². The molecule has 2 aromatic rings. The number of methoxy groups -OCH3 is 1. The summed E-state index contributed by atoms with van der Waals surface area (Å²) in [6, 6.07) is 13.9. The van der Waals surface area contributed by atoms with Crippen molar-refractivity contribution in [1.82, 2.24) is 10.6 Å². The third kappa shape index (κ3) is 9.31. The third-order valence-corrected chi connectivity index (χ3v) is 8.30. The van der Waals surface area contributed by atoms with Gasteiger partial charge < -0.3 is 29.6 Å². The Kier molecular flexibility index (Phi) is 12.0. The monoisotopic (exact) mass is 640 g/mol. The van der Waals surface area contributed by atoms with Crippen LogP contribution in [0.1, 0.15) is 57.3 Å². The molecule has 1 fully saturated rings. The van der Waals surface area contributed by atoms with Crippen molar-refractivity contribution in [2.45, 2.75) is 76.9 Å². The van der Waals surface area contributed by atoms with E-state index in [-0.39, 0.29) is 43.9 Å². The number of benzene rings is 2.